The van der Waals surface area contributed by atoms with E-state index in [1.807, 2.05) is 31.2 Å². The van der Waals surface area contributed by atoms with Crippen LogP contribution in [0.2, 0.25) is 0 Å². The maximum Gasteiger partial charge on any atom is 0.263 e. The lowest BCUT2D eigenvalue weighted by atomic mass is 9.97. The summed E-state index contributed by atoms with van der Waals surface area (Å²) < 4.78 is 1.70. The summed E-state index contributed by atoms with van der Waals surface area (Å²) >= 11 is 2.99. The third-order valence-electron chi connectivity index (χ3n) is 5.48. The number of carbonyl (C=O) groups excluding carboxylic acids is 1. The molecule has 0 saturated carbocycles. The van der Waals surface area contributed by atoms with Crippen LogP contribution in [0.15, 0.2) is 46.4 Å². The Balaban J connectivity index is 1.67. The number of fused-ring (bicyclic) bond motifs is 3. The fraction of sp³-hybridized carbons (Fsp3) is 0.375. The van der Waals surface area contributed by atoms with Gasteiger partial charge in [0.25, 0.3) is 5.56 Å². The Bertz CT molecular complexity index is 1170. The first-order chi connectivity index (χ1) is 14.5. The van der Waals surface area contributed by atoms with E-state index in [9.17, 15) is 9.59 Å². The van der Waals surface area contributed by atoms with Crippen LogP contribution in [-0.2, 0) is 25.8 Å². The summed E-state index contributed by atoms with van der Waals surface area (Å²) in [7, 11) is 0. The number of carbonyl (C=O) groups is 1. The molecule has 156 valence electrons. The number of allylic oxidation sites excluding steroid dienone is 1. The smallest absolute Gasteiger partial charge is 0.263 e. The molecule has 0 fully saturated rings. The van der Waals surface area contributed by atoms with Gasteiger partial charge in [0.1, 0.15) is 4.83 Å². The lowest BCUT2D eigenvalue weighted by Crippen LogP contribution is -2.24. The minimum Gasteiger partial charge on any atom is -0.293 e. The largest absolute Gasteiger partial charge is 0.293 e. The zero-order chi connectivity index (χ0) is 21.3. The van der Waals surface area contributed by atoms with Gasteiger partial charge in [0.2, 0.25) is 0 Å². The minimum atomic E-state index is 0.00430. The highest BCUT2D eigenvalue weighted by Gasteiger charge is 2.22. The first kappa shape index (κ1) is 21.1. The predicted molar refractivity (Wildman–Crippen MR) is 126 cm³/mol. The monoisotopic (exact) mass is 438 g/mol. The zero-order valence-electron chi connectivity index (χ0n) is 17.5. The van der Waals surface area contributed by atoms with E-state index in [1.54, 1.807) is 15.9 Å². The van der Waals surface area contributed by atoms with Crippen LogP contribution in [0.1, 0.15) is 53.1 Å². The molecule has 4 nitrogen and oxygen atoms in total. The number of nitrogens with zero attached hydrogens (tertiary/aromatic N) is 2. The second-order valence-corrected chi connectivity index (χ2v) is 9.92. The highest BCUT2D eigenvalue weighted by Crippen LogP contribution is 2.34. The van der Waals surface area contributed by atoms with Gasteiger partial charge in [0, 0.05) is 17.0 Å². The molecule has 4 rings (SSSR count). The van der Waals surface area contributed by atoms with E-state index in [1.165, 1.54) is 34.2 Å². The number of hydrogen-bond donors (Lipinski definition) is 0. The van der Waals surface area contributed by atoms with Crippen LogP contribution in [0.25, 0.3) is 10.2 Å². The molecule has 1 aliphatic rings. The van der Waals surface area contributed by atoms with Crippen molar-refractivity contribution in [2.75, 3.05) is 5.75 Å². The number of hydrogen-bond acceptors (Lipinski definition) is 5. The summed E-state index contributed by atoms with van der Waals surface area (Å²) in [5.41, 5.74) is 4.00. The van der Waals surface area contributed by atoms with Crippen molar-refractivity contribution in [1.29, 1.82) is 0 Å². The van der Waals surface area contributed by atoms with E-state index in [4.69, 9.17) is 4.98 Å². The molecule has 0 atom stereocenters. The third kappa shape index (κ3) is 4.16. The molecule has 0 aliphatic heterocycles. The SMILES string of the molecule is C=C(C)Cn1c(SCC(=O)c2ccc(CC)cc2)nc2sc3c(c2c1=O)CCCC3. The quantitative estimate of drug-likeness (QED) is 0.213. The van der Waals surface area contributed by atoms with E-state index in [0.717, 1.165) is 41.5 Å². The summed E-state index contributed by atoms with van der Waals surface area (Å²) in [5.74, 6) is 0.300. The van der Waals surface area contributed by atoms with Crippen molar-refractivity contribution in [2.45, 2.75) is 57.7 Å². The van der Waals surface area contributed by atoms with Crippen LogP contribution >= 0.6 is 23.1 Å². The molecule has 0 amide bonds. The number of Topliss-reactive ketones (excluding diaryl/α,β-unsaturated/α-hetero) is 1. The minimum absolute atomic E-state index is 0.00430. The number of thioether (sulfide) groups is 1. The first-order valence-corrected chi connectivity index (χ1v) is 12.2. The second kappa shape index (κ2) is 8.90. The van der Waals surface area contributed by atoms with Gasteiger partial charge >= 0.3 is 0 Å². The molecule has 2 heterocycles. The Morgan fingerprint density at radius 2 is 1.97 bits per heavy atom. The Labute approximate surface area is 185 Å². The number of ketones is 1. The third-order valence-corrected chi connectivity index (χ3v) is 7.65. The molecule has 0 radical (unpaired) electrons. The average Bonchev–Trinajstić information content (AvgIpc) is 3.12. The molecule has 2 aromatic heterocycles. The highest BCUT2D eigenvalue weighted by molar-refractivity contribution is 7.99. The molecule has 0 bridgehead atoms. The van der Waals surface area contributed by atoms with Gasteiger partial charge in [-0.1, -0.05) is 55.1 Å². The van der Waals surface area contributed by atoms with Crippen LogP contribution in [-0.4, -0.2) is 21.1 Å². The Hall–Kier alpha value is -2.18. The molecule has 1 aliphatic carbocycles. The van der Waals surface area contributed by atoms with E-state index in [0.29, 0.717) is 17.3 Å². The molecule has 0 N–H and O–H groups in total. The lowest BCUT2D eigenvalue weighted by molar-refractivity contribution is 0.102. The summed E-state index contributed by atoms with van der Waals surface area (Å²) in [6.45, 7) is 8.42. The van der Waals surface area contributed by atoms with Gasteiger partial charge < -0.3 is 0 Å². The molecule has 6 heteroatoms. The molecule has 30 heavy (non-hydrogen) atoms. The standard InChI is InChI=1S/C24H26N2O2S2/c1-4-16-9-11-17(12-10-16)19(27)14-29-24-25-22-21(23(28)26(24)13-15(2)3)18-7-5-6-8-20(18)30-22/h9-12H,2,4-8,13-14H2,1,3H3. The maximum atomic E-state index is 13.4. The molecule has 0 saturated heterocycles. The number of rotatable bonds is 7. The van der Waals surface area contributed by atoms with Gasteiger partial charge in [0.15, 0.2) is 10.9 Å². The fourth-order valence-corrected chi connectivity index (χ4v) is 6.07. The predicted octanol–water partition coefficient (Wildman–Crippen LogP) is 5.45. The Morgan fingerprint density at radius 1 is 1.23 bits per heavy atom. The number of aryl methyl sites for hydroxylation is 3. The van der Waals surface area contributed by atoms with Crippen LogP contribution < -0.4 is 5.56 Å². The summed E-state index contributed by atoms with van der Waals surface area (Å²) in [6, 6.07) is 7.75. The van der Waals surface area contributed by atoms with Crippen molar-refractivity contribution in [1.82, 2.24) is 9.55 Å². The average molecular weight is 439 g/mol. The molecule has 1 aromatic carbocycles. The van der Waals surface area contributed by atoms with E-state index in [2.05, 4.69) is 13.5 Å². The summed E-state index contributed by atoms with van der Waals surface area (Å²) in [4.78, 5) is 33.1. The molecule has 3 aromatic rings. The normalized spacial score (nSPS) is 13.4. The van der Waals surface area contributed by atoms with Crippen molar-refractivity contribution >= 4 is 39.1 Å². The first-order valence-electron chi connectivity index (χ1n) is 10.4. The van der Waals surface area contributed by atoms with Gasteiger partial charge in [0.05, 0.1) is 11.1 Å². The molecular formula is C24H26N2O2S2. The second-order valence-electron chi connectivity index (χ2n) is 7.90. The van der Waals surface area contributed by atoms with Crippen LogP contribution in [0.3, 0.4) is 0 Å². The molecule has 0 unspecified atom stereocenters. The van der Waals surface area contributed by atoms with Crippen molar-refractivity contribution in [3.05, 3.63) is 68.3 Å². The lowest BCUT2D eigenvalue weighted by Gasteiger charge is -2.13. The Morgan fingerprint density at radius 3 is 2.67 bits per heavy atom. The van der Waals surface area contributed by atoms with Gasteiger partial charge in [-0.2, -0.15) is 0 Å². The Kier molecular flexibility index (Phi) is 6.25. The molecule has 0 spiro atoms. The van der Waals surface area contributed by atoms with Gasteiger partial charge in [-0.15, -0.1) is 11.3 Å². The van der Waals surface area contributed by atoms with Crippen molar-refractivity contribution in [2.24, 2.45) is 0 Å². The van der Waals surface area contributed by atoms with E-state index < -0.39 is 0 Å². The van der Waals surface area contributed by atoms with Gasteiger partial charge in [-0.25, -0.2) is 4.98 Å². The fourth-order valence-electron chi connectivity index (χ4n) is 3.88. The van der Waals surface area contributed by atoms with Crippen LogP contribution in [0, 0.1) is 0 Å². The van der Waals surface area contributed by atoms with Crippen LogP contribution in [0.5, 0.6) is 0 Å². The molecular weight excluding hydrogens is 412 g/mol. The van der Waals surface area contributed by atoms with Crippen LogP contribution in [0.4, 0.5) is 0 Å². The van der Waals surface area contributed by atoms with Crippen molar-refractivity contribution < 1.29 is 4.79 Å². The number of aromatic nitrogens is 2. The summed E-state index contributed by atoms with van der Waals surface area (Å²) in [6.07, 6.45) is 5.24. The zero-order valence-corrected chi connectivity index (χ0v) is 19.1. The number of thiophene rings is 1. The maximum absolute atomic E-state index is 13.4. The van der Waals surface area contributed by atoms with E-state index in [-0.39, 0.29) is 17.1 Å². The van der Waals surface area contributed by atoms with Gasteiger partial charge in [-0.3, -0.25) is 14.2 Å². The van der Waals surface area contributed by atoms with E-state index >= 15 is 0 Å². The van der Waals surface area contributed by atoms with Gasteiger partial charge in [-0.05, 0) is 50.2 Å². The van der Waals surface area contributed by atoms with Crippen molar-refractivity contribution in [3.63, 3.8) is 0 Å². The summed E-state index contributed by atoms with van der Waals surface area (Å²) in [5, 5.41) is 1.38. The topological polar surface area (TPSA) is 52.0 Å². The van der Waals surface area contributed by atoms with Crippen molar-refractivity contribution in [3.8, 4) is 0 Å². The number of benzene rings is 1. The highest BCUT2D eigenvalue weighted by atomic mass is 32.2.